The largest absolute Gasteiger partial charge is 0.342 e. The highest BCUT2D eigenvalue weighted by atomic mass is 32.2. The third-order valence-electron chi connectivity index (χ3n) is 3.41. The second kappa shape index (κ2) is 6.94. The third-order valence-corrected chi connectivity index (χ3v) is 4.55. The maximum Gasteiger partial charge on any atom is 0.235 e. The van der Waals surface area contributed by atoms with Gasteiger partial charge in [-0.15, -0.1) is 11.8 Å². The molecule has 1 aromatic carbocycles. The lowest BCUT2D eigenvalue weighted by Gasteiger charge is -2.23. The first-order valence-corrected chi connectivity index (χ1v) is 7.76. The molecule has 2 nitrogen and oxygen atoms in total. The van der Waals surface area contributed by atoms with E-state index in [1.807, 2.05) is 11.8 Å². The van der Waals surface area contributed by atoms with Crippen molar-refractivity contribution in [2.45, 2.75) is 42.8 Å². The zero-order valence-corrected chi connectivity index (χ0v) is 12.1. The molecule has 1 aliphatic heterocycles. The Kier molecular flexibility index (Phi) is 5.25. The fraction of sp³-hybridized carbons (Fsp3) is 0.533. The van der Waals surface area contributed by atoms with Gasteiger partial charge in [0.15, 0.2) is 0 Å². The topological polar surface area (TPSA) is 20.3 Å². The molecule has 1 aliphatic rings. The summed E-state index contributed by atoms with van der Waals surface area (Å²) in [7, 11) is 0. The SMILES string of the molecule is CC(Sc1ccccc1F)C(=O)N1CCCCCC1. The number of nitrogens with zero attached hydrogens (tertiary/aromatic N) is 1. The van der Waals surface area contributed by atoms with Crippen molar-refractivity contribution in [3.8, 4) is 0 Å². The van der Waals surface area contributed by atoms with E-state index in [4.69, 9.17) is 0 Å². The molecule has 0 saturated carbocycles. The van der Waals surface area contributed by atoms with Gasteiger partial charge >= 0.3 is 0 Å². The number of carbonyl (C=O) groups excluding carboxylic acids is 1. The molecule has 1 amide bonds. The molecular formula is C15H20FNOS. The number of carbonyl (C=O) groups is 1. The van der Waals surface area contributed by atoms with Crippen molar-refractivity contribution in [3.05, 3.63) is 30.1 Å². The number of likely N-dealkylation sites (tertiary alicyclic amines) is 1. The molecule has 0 spiro atoms. The predicted molar refractivity (Wildman–Crippen MR) is 76.8 cm³/mol. The van der Waals surface area contributed by atoms with Crippen LogP contribution in [0.3, 0.4) is 0 Å². The van der Waals surface area contributed by atoms with Crippen LogP contribution in [0.25, 0.3) is 0 Å². The Morgan fingerprint density at radius 1 is 1.21 bits per heavy atom. The van der Waals surface area contributed by atoms with Gasteiger partial charge in [0.25, 0.3) is 0 Å². The second-order valence-electron chi connectivity index (χ2n) is 4.93. The first-order chi connectivity index (χ1) is 9.18. The highest BCUT2D eigenvalue weighted by Gasteiger charge is 2.22. The van der Waals surface area contributed by atoms with Crippen LogP contribution in [0.4, 0.5) is 4.39 Å². The van der Waals surface area contributed by atoms with Crippen molar-refractivity contribution in [1.82, 2.24) is 4.90 Å². The minimum Gasteiger partial charge on any atom is -0.342 e. The Bertz CT molecular complexity index is 430. The normalized spacial score (nSPS) is 17.9. The van der Waals surface area contributed by atoms with E-state index >= 15 is 0 Å². The Morgan fingerprint density at radius 3 is 2.47 bits per heavy atom. The van der Waals surface area contributed by atoms with Crippen LogP contribution in [0.1, 0.15) is 32.6 Å². The van der Waals surface area contributed by atoms with Crippen LogP contribution in [0.2, 0.25) is 0 Å². The molecule has 1 aromatic rings. The molecule has 2 rings (SSSR count). The summed E-state index contributed by atoms with van der Waals surface area (Å²) in [5.41, 5.74) is 0. The summed E-state index contributed by atoms with van der Waals surface area (Å²) >= 11 is 1.31. The molecule has 4 heteroatoms. The summed E-state index contributed by atoms with van der Waals surface area (Å²) in [5.74, 6) is -0.113. The van der Waals surface area contributed by atoms with E-state index in [1.165, 1.54) is 30.7 Å². The van der Waals surface area contributed by atoms with Gasteiger partial charge in [0.05, 0.1) is 5.25 Å². The first-order valence-electron chi connectivity index (χ1n) is 6.88. The minimum atomic E-state index is -0.247. The van der Waals surface area contributed by atoms with Crippen LogP contribution in [0.15, 0.2) is 29.2 Å². The molecule has 1 fully saturated rings. The molecule has 0 bridgehead atoms. The lowest BCUT2D eigenvalue weighted by Crippen LogP contribution is -2.37. The van der Waals surface area contributed by atoms with Crippen molar-refractivity contribution < 1.29 is 9.18 Å². The van der Waals surface area contributed by atoms with E-state index < -0.39 is 0 Å². The standard InChI is InChI=1S/C15H20FNOS/c1-12(19-14-9-5-4-8-13(14)16)15(18)17-10-6-2-3-7-11-17/h4-5,8-9,12H,2-3,6-7,10-11H2,1H3. The summed E-state index contributed by atoms with van der Waals surface area (Å²) in [6.07, 6.45) is 4.59. The van der Waals surface area contributed by atoms with Crippen LogP contribution in [0.5, 0.6) is 0 Å². The molecule has 0 aromatic heterocycles. The molecule has 19 heavy (non-hydrogen) atoms. The van der Waals surface area contributed by atoms with E-state index in [2.05, 4.69) is 0 Å². The predicted octanol–water partition coefficient (Wildman–Crippen LogP) is 3.71. The fourth-order valence-electron chi connectivity index (χ4n) is 2.33. The average Bonchev–Trinajstić information content (AvgIpc) is 2.69. The minimum absolute atomic E-state index is 0.134. The highest BCUT2D eigenvalue weighted by molar-refractivity contribution is 8.00. The molecule has 1 atom stereocenters. The van der Waals surface area contributed by atoms with Gasteiger partial charge in [0.2, 0.25) is 5.91 Å². The van der Waals surface area contributed by atoms with Crippen molar-refractivity contribution in [1.29, 1.82) is 0 Å². The maximum atomic E-state index is 13.6. The van der Waals surface area contributed by atoms with Crippen LogP contribution in [-0.4, -0.2) is 29.1 Å². The molecular weight excluding hydrogens is 261 g/mol. The average molecular weight is 281 g/mol. The summed E-state index contributed by atoms with van der Waals surface area (Å²) in [4.78, 5) is 14.8. The Morgan fingerprint density at radius 2 is 1.84 bits per heavy atom. The van der Waals surface area contributed by atoms with Crippen molar-refractivity contribution >= 4 is 17.7 Å². The third kappa shape index (κ3) is 3.96. The lowest BCUT2D eigenvalue weighted by molar-refractivity contribution is -0.130. The molecule has 1 saturated heterocycles. The van der Waals surface area contributed by atoms with Crippen LogP contribution in [-0.2, 0) is 4.79 Å². The van der Waals surface area contributed by atoms with Gasteiger partial charge < -0.3 is 4.90 Å². The quantitative estimate of drug-likeness (QED) is 0.787. The Labute approximate surface area is 118 Å². The number of hydrogen-bond acceptors (Lipinski definition) is 2. The Balaban J connectivity index is 1.97. The van der Waals surface area contributed by atoms with Gasteiger partial charge in [-0.2, -0.15) is 0 Å². The van der Waals surface area contributed by atoms with Gasteiger partial charge in [-0.3, -0.25) is 4.79 Å². The maximum absolute atomic E-state index is 13.6. The fourth-order valence-corrected chi connectivity index (χ4v) is 3.30. The smallest absolute Gasteiger partial charge is 0.235 e. The number of rotatable bonds is 3. The summed E-state index contributed by atoms with van der Waals surface area (Å²) in [6.45, 7) is 3.56. The monoisotopic (exact) mass is 281 g/mol. The van der Waals surface area contributed by atoms with E-state index in [1.54, 1.807) is 18.2 Å². The van der Waals surface area contributed by atoms with E-state index in [-0.39, 0.29) is 17.0 Å². The van der Waals surface area contributed by atoms with Crippen molar-refractivity contribution in [3.63, 3.8) is 0 Å². The van der Waals surface area contributed by atoms with Crippen LogP contribution >= 0.6 is 11.8 Å². The lowest BCUT2D eigenvalue weighted by atomic mass is 10.2. The first kappa shape index (κ1) is 14.4. The number of amides is 1. The van der Waals surface area contributed by atoms with Crippen LogP contribution in [0, 0.1) is 5.82 Å². The van der Waals surface area contributed by atoms with Gasteiger partial charge in [-0.1, -0.05) is 25.0 Å². The van der Waals surface area contributed by atoms with Crippen LogP contribution < -0.4 is 0 Å². The van der Waals surface area contributed by atoms with Gasteiger partial charge in [-0.25, -0.2) is 4.39 Å². The van der Waals surface area contributed by atoms with Crippen molar-refractivity contribution in [2.24, 2.45) is 0 Å². The number of halogens is 1. The summed E-state index contributed by atoms with van der Waals surface area (Å²) in [5, 5.41) is -0.227. The second-order valence-corrected chi connectivity index (χ2v) is 6.31. The molecule has 0 radical (unpaired) electrons. The number of hydrogen-bond donors (Lipinski definition) is 0. The zero-order chi connectivity index (χ0) is 13.7. The summed E-state index contributed by atoms with van der Waals surface area (Å²) in [6, 6.07) is 6.63. The molecule has 104 valence electrons. The van der Waals surface area contributed by atoms with E-state index in [0.717, 1.165) is 25.9 Å². The van der Waals surface area contributed by atoms with E-state index in [0.29, 0.717) is 4.90 Å². The molecule has 1 unspecified atom stereocenters. The summed E-state index contributed by atoms with van der Waals surface area (Å²) < 4.78 is 13.6. The zero-order valence-electron chi connectivity index (χ0n) is 11.3. The Hall–Kier alpha value is -1.03. The van der Waals surface area contributed by atoms with Gasteiger partial charge in [0, 0.05) is 18.0 Å². The van der Waals surface area contributed by atoms with Gasteiger partial charge in [-0.05, 0) is 31.9 Å². The van der Waals surface area contributed by atoms with Gasteiger partial charge in [0.1, 0.15) is 5.82 Å². The van der Waals surface area contributed by atoms with E-state index in [9.17, 15) is 9.18 Å². The molecule has 1 heterocycles. The molecule has 0 aliphatic carbocycles. The number of thioether (sulfide) groups is 1. The molecule has 0 N–H and O–H groups in total. The highest BCUT2D eigenvalue weighted by Crippen LogP contribution is 2.27. The number of benzene rings is 1. The van der Waals surface area contributed by atoms with Crippen molar-refractivity contribution in [2.75, 3.05) is 13.1 Å².